The molecule has 0 aliphatic heterocycles. The van der Waals surface area contributed by atoms with Gasteiger partial charge in [0, 0.05) is 17.3 Å². The van der Waals surface area contributed by atoms with Gasteiger partial charge in [-0.1, -0.05) is 29.8 Å². The van der Waals surface area contributed by atoms with Gasteiger partial charge >= 0.3 is 0 Å². The molecule has 2 heterocycles. The molecular weight excluding hydrogens is 308 g/mol. The summed E-state index contributed by atoms with van der Waals surface area (Å²) in [5.41, 5.74) is 2.53. The predicted octanol–water partition coefficient (Wildman–Crippen LogP) is 4.67. The number of aromatic nitrogens is 2. The van der Waals surface area contributed by atoms with Crippen LogP contribution in [0.25, 0.3) is 15.4 Å². The highest BCUT2D eigenvalue weighted by Gasteiger charge is 2.09. The van der Waals surface area contributed by atoms with Gasteiger partial charge in [-0.2, -0.15) is 0 Å². The second-order valence-electron chi connectivity index (χ2n) is 4.10. The van der Waals surface area contributed by atoms with E-state index in [0.717, 1.165) is 9.47 Å². The Morgan fingerprint density at radius 3 is 2.67 bits per heavy atom. The zero-order valence-corrected chi connectivity index (χ0v) is 12.2. The third kappa shape index (κ3) is 2.13. The maximum absolute atomic E-state index is 4.08. The van der Waals surface area contributed by atoms with Crippen LogP contribution in [0.15, 0.2) is 53.5 Å². The van der Waals surface area contributed by atoms with Gasteiger partial charge in [-0.25, -0.2) is 4.98 Å². The van der Waals surface area contributed by atoms with Crippen LogP contribution in [0.3, 0.4) is 0 Å². The quantitative estimate of drug-likeness (QED) is 0.671. The molecule has 0 spiro atoms. The van der Waals surface area contributed by atoms with E-state index in [2.05, 4.69) is 58.2 Å². The number of nitrogens with zero attached hydrogens (tertiary/aromatic N) is 2. The van der Waals surface area contributed by atoms with Crippen LogP contribution in [0.5, 0.6) is 0 Å². The monoisotopic (exact) mass is 318 g/mol. The molecule has 0 radical (unpaired) electrons. The summed E-state index contributed by atoms with van der Waals surface area (Å²) in [6.07, 6.45) is 5.56. The molecule has 3 aromatic rings. The topological polar surface area (TPSA) is 17.8 Å². The highest BCUT2D eigenvalue weighted by molar-refractivity contribution is 9.10. The van der Waals surface area contributed by atoms with Gasteiger partial charge in [-0.15, -0.1) is 11.3 Å². The van der Waals surface area contributed by atoms with Crippen molar-refractivity contribution in [1.29, 1.82) is 0 Å². The third-order valence-corrected chi connectivity index (χ3v) is 4.81. The van der Waals surface area contributed by atoms with Gasteiger partial charge < -0.3 is 0 Å². The van der Waals surface area contributed by atoms with Crippen LogP contribution >= 0.6 is 27.3 Å². The van der Waals surface area contributed by atoms with E-state index in [9.17, 15) is 0 Å². The first-order chi connectivity index (χ1) is 8.74. The first-order valence-corrected chi connectivity index (χ1v) is 7.20. The molecule has 2 nitrogen and oxygen atoms in total. The van der Waals surface area contributed by atoms with Crippen molar-refractivity contribution in [3.8, 4) is 15.4 Å². The maximum atomic E-state index is 4.08. The van der Waals surface area contributed by atoms with Gasteiger partial charge in [0.05, 0.1) is 10.8 Å². The molecule has 0 N–H and O–H groups in total. The Labute approximate surface area is 118 Å². The molecule has 0 amide bonds. The van der Waals surface area contributed by atoms with Crippen molar-refractivity contribution in [2.75, 3.05) is 0 Å². The smallest absolute Gasteiger partial charge is 0.115 e. The second kappa shape index (κ2) is 4.71. The summed E-state index contributed by atoms with van der Waals surface area (Å²) in [6, 6.07) is 10.8. The van der Waals surface area contributed by atoms with Crippen molar-refractivity contribution >= 4 is 27.3 Å². The average Bonchev–Trinajstić information content (AvgIpc) is 2.99. The lowest BCUT2D eigenvalue weighted by atomic mass is 10.1. The number of rotatable bonds is 2. The Morgan fingerprint density at radius 1 is 1.22 bits per heavy atom. The first-order valence-electron chi connectivity index (χ1n) is 5.59. The summed E-state index contributed by atoms with van der Waals surface area (Å²) in [5, 5.41) is 1.16. The second-order valence-corrected chi connectivity index (χ2v) is 5.98. The maximum Gasteiger partial charge on any atom is 0.115 e. The van der Waals surface area contributed by atoms with E-state index in [-0.39, 0.29) is 0 Å². The number of thiophene rings is 1. The van der Waals surface area contributed by atoms with Crippen LogP contribution in [-0.2, 0) is 0 Å². The van der Waals surface area contributed by atoms with Crippen molar-refractivity contribution in [1.82, 2.24) is 9.55 Å². The van der Waals surface area contributed by atoms with E-state index in [0.29, 0.717) is 0 Å². The summed E-state index contributed by atoms with van der Waals surface area (Å²) >= 11 is 5.36. The number of hydrogen-bond donors (Lipinski definition) is 0. The van der Waals surface area contributed by atoms with Gasteiger partial charge in [-0.05, 0) is 34.5 Å². The van der Waals surface area contributed by atoms with Crippen LogP contribution in [-0.4, -0.2) is 9.55 Å². The van der Waals surface area contributed by atoms with Crippen molar-refractivity contribution < 1.29 is 0 Å². The third-order valence-electron chi connectivity index (χ3n) is 2.74. The van der Waals surface area contributed by atoms with E-state index < -0.39 is 0 Å². The molecule has 90 valence electrons. The fourth-order valence-corrected chi connectivity index (χ4v) is 3.61. The molecule has 0 aliphatic carbocycles. The fourth-order valence-electron chi connectivity index (χ4n) is 1.77. The average molecular weight is 319 g/mol. The Bertz CT molecular complexity index is 654. The summed E-state index contributed by atoms with van der Waals surface area (Å²) in [7, 11) is 0. The van der Waals surface area contributed by atoms with E-state index in [1.54, 1.807) is 17.5 Å². The fraction of sp³-hybridized carbons (Fsp3) is 0.0714. The Hall–Kier alpha value is -1.39. The minimum absolute atomic E-state index is 1.10. The number of benzene rings is 1. The van der Waals surface area contributed by atoms with Crippen LogP contribution in [0.2, 0.25) is 0 Å². The highest BCUT2D eigenvalue weighted by atomic mass is 79.9. The molecule has 0 aliphatic rings. The molecule has 0 saturated heterocycles. The standard InChI is InChI=1S/C14H11BrN2S/c1-10-2-4-11(5-3-10)13-8-12(15)14(18-13)17-7-6-16-9-17/h2-9H,1H3. The minimum atomic E-state index is 1.10. The summed E-state index contributed by atoms with van der Waals surface area (Å²) < 4.78 is 3.12. The number of imidazole rings is 1. The van der Waals surface area contributed by atoms with Crippen molar-refractivity contribution in [3.63, 3.8) is 0 Å². The van der Waals surface area contributed by atoms with Gasteiger partial charge in [-0.3, -0.25) is 4.57 Å². The van der Waals surface area contributed by atoms with Crippen LogP contribution < -0.4 is 0 Å². The Balaban J connectivity index is 2.05. The highest BCUT2D eigenvalue weighted by Crippen LogP contribution is 2.37. The normalized spacial score (nSPS) is 10.8. The molecule has 3 rings (SSSR count). The lowest BCUT2D eigenvalue weighted by molar-refractivity contribution is 1.08. The molecule has 1 aromatic carbocycles. The van der Waals surface area contributed by atoms with Crippen molar-refractivity contribution in [2.24, 2.45) is 0 Å². The van der Waals surface area contributed by atoms with E-state index in [4.69, 9.17) is 0 Å². The summed E-state index contributed by atoms with van der Waals surface area (Å²) in [5.74, 6) is 0. The predicted molar refractivity (Wildman–Crippen MR) is 79.3 cm³/mol. The molecule has 2 aromatic heterocycles. The van der Waals surface area contributed by atoms with Crippen LogP contribution in [0.4, 0.5) is 0 Å². The van der Waals surface area contributed by atoms with Crippen LogP contribution in [0, 0.1) is 6.92 Å². The van der Waals surface area contributed by atoms with Gasteiger partial charge in [0.1, 0.15) is 5.00 Å². The lowest BCUT2D eigenvalue weighted by Crippen LogP contribution is -1.84. The largest absolute Gasteiger partial charge is 0.297 e. The Morgan fingerprint density at radius 2 is 2.00 bits per heavy atom. The molecule has 0 bridgehead atoms. The summed E-state index contributed by atoms with van der Waals surface area (Å²) in [6.45, 7) is 2.10. The van der Waals surface area contributed by atoms with Gasteiger partial charge in [0.25, 0.3) is 0 Å². The molecule has 18 heavy (non-hydrogen) atoms. The zero-order valence-electron chi connectivity index (χ0n) is 9.80. The number of halogens is 1. The zero-order chi connectivity index (χ0) is 12.5. The van der Waals surface area contributed by atoms with E-state index in [1.165, 1.54) is 16.0 Å². The number of hydrogen-bond acceptors (Lipinski definition) is 2. The summed E-state index contributed by atoms with van der Waals surface area (Å²) in [4.78, 5) is 5.34. The van der Waals surface area contributed by atoms with Gasteiger partial charge in [0.2, 0.25) is 0 Å². The molecule has 0 saturated carbocycles. The molecule has 0 atom stereocenters. The van der Waals surface area contributed by atoms with Gasteiger partial charge in [0.15, 0.2) is 0 Å². The van der Waals surface area contributed by atoms with E-state index >= 15 is 0 Å². The molecular formula is C14H11BrN2S. The van der Waals surface area contributed by atoms with Crippen molar-refractivity contribution in [2.45, 2.75) is 6.92 Å². The van der Waals surface area contributed by atoms with Crippen LogP contribution in [0.1, 0.15) is 5.56 Å². The van der Waals surface area contributed by atoms with E-state index in [1.807, 2.05) is 17.1 Å². The minimum Gasteiger partial charge on any atom is -0.297 e. The first kappa shape index (κ1) is 11.7. The molecule has 0 fully saturated rings. The number of aryl methyl sites for hydroxylation is 1. The SMILES string of the molecule is Cc1ccc(-c2cc(Br)c(-n3ccnc3)s2)cc1. The Kier molecular flexibility index (Phi) is 3.06. The van der Waals surface area contributed by atoms with Crippen molar-refractivity contribution in [3.05, 3.63) is 59.1 Å². The lowest BCUT2D eigenvalue weighted by Gasteiger charge is -1.98. The molecule has 0 unspecified atom stereocenters. The molecule has 4 heteroatoms.